The molecule has 2 aromatic rings. The van der Waals surface area contributed by atoms with Crippen molar-refractivity contribution in [2.75, 3.05) is 4.72 Å². The maximum Gasteiger partial charge on any atom is 0.266 e. The highest BCUT2D eigenvalue weighted by Gasteiger charge is 2.20. The Labute approximate surface area is 113 Å². The molecule has 0 radical (unpaired) electrons. The summed E-state index contributed by atoms with van der Waals surface area (Å²) in [7, 11) is -4.01. The van der Waals surface area contributed by atoms with Gasteiger partial charge in [0.2, 0.25) is 5.13 Å². The van der Waals surface area contributed by atoms with Crippen molar-refractivity contribution in [3.8, 4) is 0 Å². The van der Waals surface area contributed by atoms with Gasteiger partial charge in [-0.1, -0.05) is 17.4 Å². The lowest BCUT2D eigenvalue weighted by Crippen LogP contribution is -2.15. The SMILES string of the molecule is Cc1nnc(NS(=O)(=O)c2ccc(CN)cc2F)s1. The zero-order valence-electron chi connectivity index (χ0n) is 9.92. The first-order valence-electron chi connectivity index (χ1n) is 5.24. The number of halogens is 1. The molecule has 0 atom stereocenters. The summed E-state index contributed by atoms with van der Waals surface area (Å²) in [6.07, 6.45) is 0. The number of nitrogens with one attached hydrogen (secondary N) is 1. The van der Waals surface area contributed by atoms with Crippen LogP contribution in [0.4, 0.5) is 9.52 Å². The Bertz CT molecular complexity index is 699. The Morgan fingerprint density at radius 2 is 2.16 bits per heavy atom. The minimum absolute atomic E-state index is 0.0970. The van der Waals surface area contributed by atoms with E-state index in [4.69, 9.17) is 5.73 Å². The van der Waals surface area contributed by atoms with Gasteiger partial charge in [0.25, 0.3) is 10.0 Å². The minimum Gasteiger partial charge on any atom is -0.326 e. The number of sulfonamides is 1. The number of benzene rings is 1. The molecular weight excluding hydrogens is 291 g/mol. The van der Waals surface area contributed by atoms with Gasteiger partial charge in [-0.15, -0.1) is 10.2 Å². The van der Waals surface area contributed by atoms with Crippen LogP contribution in [0.15, 0.2) is 23.1 Å². The molecule has 0 amide bonds. The van der Waals surface area contributed by atoms with Crippen LogP contribution >= 0.6 is 11.3 Å². The summed E-state index contributed by atoms with van der Waals surface area (Å²) in [6.45, 7) is 1.83. The van der Waals surface area contributed by atoms with E-state index in [0.717, 1.165) is 17.4 Å². The lowest BCUT2D eigenvalue weighted by Gasteiger charge is -2.06. The number of nitrogens with zero attached hydrogens (tertiary/aromatic N) is 2. The smallest absolute Gasteiger partial charge is 0.266 e. The third-order valence-corrected chi connectivity index (χ3v) is 4.52. The maximum atomic E-state index is 13.7. The maximum absolute atomic E-state index is 13.7. The van der Waals surface area contributed by atoms with E-state index < -0.39 is 20.7 Å². The van der Waals surface area contributed by atoms with Gasteiger partial charge in [0.1, 0.15) is 15.7 Å². The van der Waals surface area contributed by atoms with Crippen molar-refractivity contribution >= 4 is 26.5 Å². The van der Waals surface area contributed by atoms with Gasteiger partial charge in [0, 0.05) is 6.54 Å². The van der Waals surface area contributed by atoms with Gasteiger partial charge in [0.15, 0.2) is 0 Å². The Morgan fingerprint density at radius 1 is 1.42 bits per heavy atom. The summed E-state index contributed by atoms with van der Waals surface area (Å²) >= 11 is 1.07. The van der Waals surface area contributed by atoms with E-state index in [2.05, 4.69) is 14.9 Å². The fourth-order valence-electron chi connectivity index (χ4n) is 1.40. The number of nitrogens with two attached hydrogens (primary N) is 1. The van der Waals surface area contributed by atoms with Crippen LogP contribution < -0.4 is 10.5 Å². The molecule has 9 heteroatoms. The predicted molar refractivity (Wildman–Crippen MR) is 69.7 cm³/mol. The van der Waals surface area contributed by atoms with Crippen molar-refractivity contribution in [3.63, 3.8) is 0 Å². The summed E-state index contributed by atoms with van der Waals surface area (Å²) < 4.78 is 39.9. The van der Waals surface area contributed by atoms with Crippen molar-refractivity contribution in [2.45, 2.75) is 18.4 Å². The molecule has 0 aliphatic carbocycles. The molecule has 1 heterocycles. The first-order valence-corrected chi connectivity index (χ1v) is 7.54. The first kappa shape index (κ1) is 13.8. The van der Waals surface area contributed by atoms with Crippen LogP contribution in [-0.2, 0) is 16.6 Å². The number of hydrogen-bond acceptors (Lipinski definition) is 6. The fourth-order valence-corrected chi connectivity index (χ4v) is 3.28. The average molecular weight is 302 g/mol. The van der Waals surface area contributed by atoms with Crippen LogP contribution in [0, 0.1) is 12.7 Å². The summed E-state index contributed by atoms with van der Waals surface area (Å²) in [5, 5.41) is 8.01. The van der Waals surface area contributed by atoms with E-state index in [1.54, 1.807) is 6.92 Å². The van der Waals surface area contributed by atoms with Gasteiger partial charge in [-0.2, -0.15) is 0 Å². The largest absolute Gasteiger partial charge is 0.326 e. The van der Waals surface area contributed by atoms with Gasteiger partial charge >= 0.3 is 0 Å². The van der Waals surface area contributed by atoms with Crippen molar-refractivity contribution < 1.29 is 12.8 Å². The highest BCUT2D eigenvalue weighted by molar-refractivity contribution is 7.93. The predicted octanol–water partition coefficient (Wildman–Crippen LogP) is 1.25. The van der Waals surface area contributed by atoms with E-state index in [0.29, 0.717) is 10.6 Å². The normalized spacial score (nSPS) is 11.5. The Hall–Kier alpha value is -1.58. The third kappa shape index (κ3) is 3.06. The third-order valence-electron chi connectivity index (χ3n) is 2.27. The lowest BCUT2D eigenvalue weighted by molar-refractivity contribution is 0.569. The van der Waals surface area contributed by atoms with Crippen molar-refractivity contribution in [1.82, 2.24) is 10.2 Å². The molecule has 0 saturated heterocycles. The molecule has 3 N–H and O–H groups in total. The highest BCUT2D eigenvalue weighted by atomic mass is 32.2. The lowest BCUT2D eigenvalue weighted by atomic mass is 10.2. The summed E-state index contributed by atoms with van der Waals surface area (Å²) in [5.74, 6) is -0.850. The molecule has 0 fully saturated rings. The number of aromatic nitrogens is 2. The van der Waals surface area contributed by atoms with E-state index in [9.17, 15) is 12.8 Å². The Balaban J connectivity index is 2.34. The van der Waals surface area contributed by atoms with Crippen molar-refractivity contribution in [3.05, 3.63) is 34.6 Å². The van der Waals surface area contributed by atoms with Crippen LogP contribution in [0.1, 0.15) is 10.6 Å². The second-order valence-electron chi connectivity index (χ2n) is 3.70. The number of anilines is 1. The topological polar surface area (TPSA) is 98.0 Å². The summed E-state index contributed by atoms with van der Waals surface area (Å²) in [5.41, 5.74) is 5.87. The second kappa shape index (κ2) is 5.19. The zero-order valence-corrected chi connectivity index (χ0v) is 11.6. The van der Waals surface area contributed by atoms with Gasteiger partial charge in [-0.25, -0.2) is 12.8 Å². The summed E-state index contributed by atoms with van der Waals surface area (Å²) in [4.78, 5) is -0.447. The molecule has 19 heavy (non-hydrogen) atoms. The Kier molecular flexibility index (Phi) is 3.78. The Morgan fingerprint density at radius 3 is 2.68 bits per heavy atom. The zero-order chi connectivity index (χ0) is 14.0. The molecule has 6 nitrogen and oxygen atoms in total. The molecular formula is C10H11FN4O2S2. The molecule has 0 saturated carbocycles. The number of aryl methyl sites for hydroxylation is 1. The van der Waals surface area contributed by atoms with Gasteiger partial charge in [0.05, 0.1) is 0 Å². The van der Waals surface area contributed by atoms with Gasteiger partial charge < -0.3 is 5.73 Å². The van der Waals surface area contributed by atoms with E-state index >= 15 is 0 Å². The average Bonchev–Trinajstić information content (AvgIpc) is 2.73. The van der Waals surface area contributed by atoms with Gasteiger partial charge in [-0.05, 0) is 24.6 Å². The minimum atomic E-state index is -4.01. The summed E-state index contributed by atoms with van der Waals surface area (Å²) in [6, 6.07) is 3.73. The molecule has 0 unspecified atom stereocenters. The quantitative estimate of drug-likeness (QED) is 0.885. The molecule has 0 bridgehead atoms. The highest BCUT2D eigenvalue weighted by Crippen LogP contribution is 2.21. The molecule has 1 aromatic carbocycles. The van der Waals surface area contributed by atoms with Crippen LogP contribution in [0.3, 0.4) is 0 Å². The number of hydrogen-bond donors (Lipinski definition) is 2. The van der Waals surface area contributed by atoms with E-state index in [1.165, 1.54) is 12.1 Å². The van der Waals surface area contributed by atoms with Crippen LogP contribution in [0.5, 0.6) is 0 Å². The van der Waals surface area contributed by atoms with E-state index in [-0.39, 0.29) is 11.7 Å². The van der Waals surface area contributed by atoms with E-state index in [1.807, 2.05) is 0 Å². The van der Waals surface area contributed by atoms with Crippen LogP contribution in [0.2, 0.25) is 0 Å². The van der Waals surface area contributed by atoms with Gasteiger partial charge in [-0.3, -0.25) is 4.72 Å². The second-order valence-corrected chi connectivity index (χ2v) is 6.53. The molecule has 1 aromatic heterocycles. The van der Waals surface area contributed by atoms with Crippen LogP contribution in [-0.4, -0.2) is 18.6 Å². The van der Waals surface area contributed by atoms with Crippen molar-refractivity contribution in [2.24, 2.45) is 5.73 Å². The number of rotatable bonds is 4. The van der Waals surface area contributed by atoms with Crippen molar-refractivity contribution in [1.29, 1.82) is 0 Å². The molecule has 2 rings (SSSR count). The molecule has 102 valence electrons. The fraction of sp³-hybridized carbons (Fsp3) is 0.200. The molecule has 0 spiro atoms. The first-order chi connectivity index (χ1) is 8.92. The monoisotopic (exact) mass is 302 g/mol. The molecule has 0 aliphatic heterocycles. The van der Waals surface area contributed by atoms with Crippen LogP contribution in [0.25, 0.3) is 0 Å². The standard InChI is InChI=1S/C10H11FN4O2S2/c1-6-13-14-10(18-6)15-19(16,17)9-3-2-7(5-12)4-8(9)11/h2-4H,5,12H2,1H3,(H,14,15). The molecule has 0 aliphatic rings.